The second-order valence-electron chi connectivity index (χ2n) is 11.5. The van der Waals surface area contributed by atoms with Crippen LogP contribution >= 0.6 is 0 Å². The summed E-state index contributed by atoms with van der Waals surface area (Å²) in [5.74, 6) is 0.0844. The lowest BCUT2D eigenvalue weighted by molar-refractivity contribution is -0.199. The van der Waals surface area contributed by atoms with E-state index in [9.17, 15) is 15.0 Å². The van der Waals surface area contributed by atoms with Crippen LogP contribution < -0.4 is 0 Å². The summed E-state index contributed by atoms with van der Waals surface area (Å²) in [6.07, 6.45) is 5.28. The summed E-state index contributed by atoms with van der Waals surface area (Å²) in [7, 11) is -1.79. The summed E-state index contributed by atoms with van der Waals surface area (Å²) < 4.78 is 11.8. The molecule has 3 fully saturated rings. The molecular weight excluding hydrogens is 432 g/mol. The van der Waals surface area contributed by atoms with Crippen molar-refractivity contribution < 1.29 is 24.2 Å². The number of carbonyl (C=O) groups excluding carboxylic acids is 1. The van der Waals surface area contributed by atoms with Gasteiger partial charge < -0.3 is 19.4 Å². The third-order valence-electron chi connectivity index (χ3n) is 10.1. The fourth-order valence-electron chi connectivity index (χ4n) is 7.09. The van der Waals surface area contributed by atoms with Crippen molar-refractivity contribution in [1.82, 2.24) is 0 Å². The van der Waals surface area contributed by atoms with E-state index in [0.717, 1.165) is 43.8 Å². The zero-order valence-corrected chi connectivity index (χ0v) is 22.7. The summed E-state index contributed by atoms with van der Waals surface area (Å²) >= 11 is 0. The van der Waals surface area contributed by atoms with Gasteiger partial charge in [-0.25, -0.2) is 4.79 Å². The fourth-order valence-corrected chi connectivity index (χ4v) is 9.81. The SMILES string of the molecule is C=C1CC[C@H]2[C@@](C)(CCC(C)(O)[C@@]2(C)CO[Si](CC)(CC)CC)[C@@H]1C/C=C1/C(=O)OC[C@H]1O. The number of allylic oxidation sites excluding steroid dienone is 2. The van der Waals surface area contributed by atoms with Crippen LogP contribution in [0.3, 0.4) is 0 Å². The van der Waals surface area contributed by atoms with Crippen molar-refractivity contribution in [3.05, 3.63) is 23.8 Å². The molecule has 0 aromatic rings. The Morgan fingerprint density at radius 2 is 1.82 bits per heavy atom. The maximum atomic E-state index is 12.0. The van der Waals surface area contributed by atoms with E-state index < -0.39 is 26.0 Å². The predicted molar refractivity (Wildman–Crippen MR) is 134 cm³/mol. The predicted octanol–water partition coefficient (Wildman–Crippen LogP) is 5.38. The summed E-state index contributed by atoms with van der Waals surface area (Å²) in [6, 6.07) is 3.31. The lowest BCUT2D eigenvalue weighted by Gasteiger charge is -2.63. The second-order valence-corrected chi connectivity index (χ2v) is 16.3. The van der Waals surface area contributed by atoms with E-state index in [2.05, 4.69) is 41.2 Å². The molecule has 2 aliphatic carbocycles. The molecule has 0 bridgehead atoms. The maximum Gasteiger partial charge on any atom is 0.336 e. The lowest BCUT2D eigenvalue weighted by atomic mass is 9.43. The van der Waals surface area contributed by atoms with E-state index in [4.69, 9.17) is 9.16 Å². The highest BCUT2D eigenvalue weighted by Gasteiger charge is 2.62. The molecule has 1 heterocycles. The van der Waals surface area contributed by atoms with Crippen LogP contribution in [0.4, 0.5) is 0 Å². The molecule has 188 valence electrons. The van der Waals surface area contributed by atoms with Gasteiger partial charge in [0, 0.05) is 12.0 Å². The molecule has 3 rings (SSSR count). The minimum absolute atomic E-state index is 0.0466. The number of hydrogen-bond acceptors (Lipinski definition) is 5. The average Bonchev–Trinajstić information content (AvgIpc) is 3.10. The Morgan fingerprint density at radius 3 is 2.36 bits per heavy atom. The Balaban J connectivity index is 1.92. The monoisotopic (exact) mass is 478 g/mol. The number of aliphatic hydroxyl groups excluding tert-OH is 1. The van der Waals surface area contributed by atoms with E-state index >= 15 is 0 Å². The Bertz CT molecular complexity index is 777. The van der Waals surface area contributed by atoms with Crippen LogP contribution in [0.1, 0.15) is 73.6 Å². The first-order valence-corrected chi connectivity index (χ1v) is 15.5. The molecule has 1 saturated heterocycles. The van der Waals surface area contributed by atoms with Crippen molar-refractivity contribution in [3.8, 4) is 0 Å². The van der Waals surface area contributed by atoms with Gasteiger partial charge in [-0.3, -0.25) is 0 Å². The van der Waals surface area contributed by atoms with Crippen LogP contribution in [-0.2, 0) is 14.0 Å². The Morgan fingerprint density at radius 1 is 1.18 bits per heavy atom. The highest BCUT2D eigenvalue weighted by Crippen LogP contribution is 2.64. The average molecular weight is 479 g/mol. The van der Waals surface area contributed by atoms with Crippen LogP contribution in [0.25, 0.3) is 0 Å². The van der Waals surface area contributed by atoms with Gasteiger partial charge in [0.1, 0.15) is 12.7 Å². The highest BCUT2D eigenvalue weighted by atomic mass is 28.4. The smallest absolute Gasteiger partial charge is 0.336 e. The van der Waals surface area contributed by atoms with Crippen molar-refractivity contribution in [2.24, 2.45) is 22.7 Å². The topological polar surface area (TPSA) is 76.0 Å². The minimum Gasteiger partial charge on any atom is -0.459 e. The van der Waals surface area contributed by atoms with Crippen LogP contribution in [0.15, 0.2) is 23.8 Å². The molecule has 1 aliphatic heterocycles. The van der Waals surface area contributed by atoms with Gasteiger partial charge in [0.2, 0.25) is 0 Å². The number of rotatable bonds is 8. The van der Waals surface area contributed by atoms with Gasteiger partial charge in [0.15, 0.2) is 8.32 Å². The first-order valence-electron chi connectivity index (χ1n) is 13.0. The van der Waals surface area contributed by atoms with Crippen LogP contribution in [0.2, 0.25) is 18.1 Å². The Hall–Kier alpha value is -0.953. The van der Waals surface area contributed by atoms with E-state index in [1.165, 1.54) is 5.57 Å². The van der Waals surface area contributed by atoms with Gasteiger partial charge >= 0.3 is 5.97 Å². The first-order chi connectivity index (χ1) is 15.4. The molecule has 5 nitrogen and oxygen atoms in total. The van der Waals surface area contributed by atoms with Crippen LogP contribution in [0, 0.1) is 22.7 Å². The molecule has 0 spiro atoms. The number of hydrogen-bond donors (Lipinski definition) is 2. The van der Waals surface area contributed by atoms with Gasteiger partial charge in [0.05, 0.1) is 11.2 Å². The Labute approximate surface area is 201 Å². The van der Waals surface area contributed by atoms with Crippen molar-refractivity contribution >= 4 is 14.3 Å². The lowest BCUT2D eigenvalue weighted by Crippen LogP contribution is -2.63. The summed E-state index contributed by atoms with van der Waals surface area (Å²) in [5, 5.41) is 21.8. The number of cyclic esters (lactones) is 1. The number of aliphatic hydroxyl groups is 2. The summed E-state index contributed by atoms with van der Waals surface area (Å²) in [6.45, 7) is 18.4. The first kappa shape index (κ1) is 26.6. The molecule has 0 aromatic carbocycles. The van der Waals surface area contributed by atoms with Crippen molar-refractivity contribution in [1.29, 1.82) is 0 Å². The quantitative estimate of drug-likeness (QED) is 0.212. The molecule has 1 unspecified atom stereocenters. The Kier molecular flexibility index (Phi) is 7.75. The van der Waals surface area contributed by atoms with Crippen LogP contribution in [-0.4, -0.2) is 49.4 Å². The zero-order valence-electron chi connectivity index (χ0n) is 21.7. The van der Waals surface area contributed by atoms with Gasteiger partial charge in [-0.05, 0) is 74.4 Å². The van der Waals surface area contributed by atoms with Crippen molar-refractivity contribution in [3.63, 3.8) is 0 Å². The number of fused-ring (bicyclic) bond motifs is 1. The molecule has 3 aliphatic rings. The van der Waals surface area contributed by atoms with E-state index in [1.807, 2.05) is 13.0 Å². The normalized spacial score (nSPS) is 40.7. The largest absolute Gasteiger partial charge is 0.459 e. The number of esters is 1. The van der Waals surface area contributed by atoms with Crippen molar-refractivity contribution in [2.75, 3.05) is 13.2 Å². The molecule has 6 heteroatoms. The third-order valence-corrected chi connectivity index (χ3v) is 14.8. The molecule has 0 aromatic heterocycles. The molecule has 0 amide bonds. The molecule has 33 heavy (non-hydrogen) atoms. The summed E-state index contributed by atoms with van der Waals surface area (Å²) in [4.78, 5) is 12.0. The molecular formula is C27H46O5Si. The van der Waals surface area contributed by atoms with E-state index in [1.54, 1.807) is 0 Å². The molecule has 6 atom stereocenters. The zero-order chi connectivity index (χ0) is 24.7. The van der Waals surface area contributed by atoms with E-state index in [0.29, 0.717) is 24.5 Å². The fraction of sp³-hybridized carbons (Fsp3) is 0.815. The standard InChI is InChI=1S/C27H46O5Si/c1-8-33(9-2,10-3)32-18-26(6)23-14-11-19(4)21(25(23,5)15-16-27(26,7)30)13-12-20-22(28)17-31-24(20)29/h12,21-23,28,30H,4,8-11,13-18H2,1-3,5-7H3/b20-12+/t21-,22-,23+,25+,26+,27?/m1/s1. The van der Waals surface area contributed by atoms with Gasteiger partial charge in [-0.15, -0.1) is 0 Å². The number of carbonyl (C=O) groups is 1. The van der Waals surface area contributed by atoms with Gasteiger partial charge in [-0.1, -0.05) is 52.8 Å². The van der Waals surface area contributed by atoms with Gasteiger partial charge in [-0.2, -0.15) is 0 Å². The molecule has 2 N–H and O–H groups in total. The van der Waals surface area contributed by atoms with Crippen LogP contribution in [0.5, 0.6) is 0 Å². The molecule has 0 radical (unpaired) electrons. The van der Waals surface area contributed by atoms with Crippen molar-refractivity contribution in [2.45, 2.75) is 103 Å². The second kappa shape index (κ2) is 9.60. The van der Waals surface area contributed by atoms with Gasteiger partial charge in [0.25, 0.3) is 0 Å². The number of ether oxygens (including phenoxy) is 1. The minimum atomic E-state index is -1.79. The highest BCUT2D eigenvalue weighted by molar-refractivity contribution is 6.73. The van der Waals surface area contributed by atoms with E-state index in [-0.39, 0.29) is 23.4 Å². The summed E-state index contributed by atoms with van der Waals surface area (Å²) in [5.41, 5.74) is 0.410. The maximum absolute atomic E-state index is 12.0. The third kappa shape index (κ3) is 4.53. The molecule has 2 saturated carbocycles.